The second-order valence-electron chi connectivity index (χ2n) is 4.22. The van der Waals surface area contributed by atoms with Gasteiger partial charge >= 0.3 is 6.03 Å². The molecule has 20 heavy (non-hydrogen) atoms. The van der Waals surface area contributed by atoms with Crippen LogP contribution in [0.5, 0.6) is 0 Å². The highest BCUT2D eigenvalue weighted by Gasteiger charge is 2.04. The number of hydrogen-bond donors (Lipinski definition) is 3. The first kappa shape index (κ1) is 15.7. The van der Waals surface area contributed by atoms with E-state index in [0.717, 1.165) is 0 Å². The zero-order chi connectivity index (χ0) is 15.0. The van der Waals surface area contributed by atoms with Gasteiger partial charge in [0, 0.05) is 30.8 Å². The molecule has 1 rings (SSSR count). The predicted molar refractivity (Wildman–Crippen MR) is 76.8 cm³/mol. The van der Waals surface area contributed by atoms with Gasteiger partial charge in [-0.1, -0.05) is 0 Å². The smallest absolute Gasteiger partial charge is 0.319 e. The van der Waals surface area contributed by atoms with Crippen LogP contribution >= 0.6 is 0 Å². The summed E-state index contributed by atoms with van der Waals surface area (Å²) in [6, 6.07) is 6.21. The summed E-state index contributed by atoms with van der Waals surface area (Å²) in [7, 11) is 0. The Labute approximate surface area is 117 Å². The van der Waals surface area contributed by atoms with Crippen molar-refractivity contribution < 1.29 is 14.4 Å². The molecule has 0 saturated heterocycles. The summed E-state index contributed by atoms with van der Waals surface area (Å²) < 4.78 is 0. The number of nitrogens with one attached hydrogen (secondary N) is 3. The van der Waals surface area contributed by atoms with Gasteiger partial charge in [0.05, 0.1) is 0 Å². The number of hydrogen-bond acceptors (Lipinski definition) is 3. The van der Waals surface area contributed by atoms with Gasteiger partial charge < -0.3 is 16.0 Å². The van der Waals surface area contributed by atoms with E-state index in [1.165, 1.54) is 6.92 Å². The molecule has 0 bridgehead atoms. The van der Waals surface area contributed by atoms with E-state index in [1.807, 2.05) is 6.92 Å². The van der Waals surface area contributed by atoms with Gasteiger partial charge in [0.2, 0.25) is 5.91 Å². The van der Waals surface area contributed by atoms with Crippen molar-refractivity contribution in [3.8, 4) is 0 Å². The van der Waals surface area contributed by atoms with Gasteiger partial charge in [-0.3, -0.25) is 9.59 Å². The van der Waals surface area contributed by atoms with Crippen molar-refractivity contribution in [2.45, 2.75) is 20.3 Å². The van der Waals surface area contributed by atoms with E-state index < -0.39 is 0 Å². The fourth-order valence-electron chi connectivity index (χ4n) is 1.54. The fourth-order valence-corrected chi connectivity index (χ4v) is 1.54. The van der Waals surface area contributed by atoms with Crippen LogP contribution in [0, 0.1) is 0 Å². The molecular weight excluding hydrogens is 258 g/mol. The molecule has 0 fully saturated rings. The van der Waals surface area contributed by atoms with E-state index in [9.17, 15) is 14.4 Å². The average Bonchev–Trinajstić information content (AvgIpc) is 2.39. The minimum Gasteiger partial charge on any atom is -0.356 e. The Morgan fingerprint density at radius 3 is 2.25 bits per heavy atom. The molecule has 0 spiro atoms. The second kappa shape index (κ2) is 7.93. The van der Waals surface area contributed by atoms with Crippen LogP contribution in [-0.2, 0) is 4.79 Å². The molecule has 1 aromatic rings. The van der Waals surface area contributed by atoms with Crippen molar-refractivity contribution in [1.29, 1.82) is 0 Å². The minimum atomic E-state index is -0.384. The Kier molecular flexibility index (Phi) is 6.22. The molecule has 0 atom stereocenters. The van der Waals surface area contributed by atoms with Crippen molar-refractivity contribution in [2.24, 2.45) is 0 Å². The summed E-state index contributed by atoms with van der Waals surface area (Å²) in [6.45, 7) is 4.16. The van der Waals surface area contributed by atoms with Crippen LogP contribution in [0.1, 0.15) is 30.6 Å². The van der Waals surface area contributed by atoms with Gasteiger partial charge in [0.1, 0.15) is 0 Å². The quantitative estimate of drug-likeness (QED) is 0.689. The number of anilines is 1. The van der Waals surface area contributed by atoms with Gasteiger partial charge in [-0.15, -0.1) is 0 Å². The normalized spacial score (nSPS) is 9.70. The molecule has 0 radical (unpaired) electrons. The van der Waals surface area contributed by atoms with Gasteiger partial charge in [-0.25, -0.2) is 4.79 Å². The van der Waals surface area contributed by atoms with Crippen molar-refractivity contribution in [3.05, 3.63) is 29.8 Å². The van der Waals surface area contributed by atoms with Gasteiger partial charge in [0.15, 0.2) is 5.78 Å². The molecule has 6 nitrogen and oxygen atoms in total. The van der Waals surface area contributed by atoms with Gasteiger partial charge in [-0.2, -0.15) is 0 Å². The maximum absolute atomic E-state index is 11.5. The van der Waals surface area contributed by atoms with Crippen molar-refractivity contribution in [2.75, 3.05) is 18.4 Å². The van der Waals surface area contributed by atoms with E-state index in [4.69, 9.17) is 0 Å². The molecule has 0 aliphatic carbocycles. The molecule has 6 heteroatoms. The van der Waals surface area contributed by atoms with Crippen LogP contribution in [0.3, 0.4) is 0 Å². The summed E-state index contributed by atoms with van der Waals surface area (Å²) in [6.07, 6.45) is 0.241. The Balaban J connectivity index is 2.35. The van der Waals surface area contributed by atoms with Crippen molar-refractivity contribution in [3.63, 3.8) is 0 Å². The Morgan fingerprint density at radius 2 is 1.70 bits per heavy atom. The number of urea groups is 1. The van der Waals surface area contributed by atoms with Gasteiger partial charge in [-0.05, 0) is 38.1 Å². The first-order chi connectivity index (χ1) is 9.52. The molecule has 0 unspecified atom stereocenters. The summed E-state index contributed by atoms with van der Waals surface area (Å²) in [5, 5.41) is 7.84. The molecule has 0 saturated carbocycles. The zero-order valence-electron chi connectivity index (χ0n) is 11.7. The minimum absolute atomic E-state index is 0.0251. The SMILES string of the molecule is CCNC(=O)CCNC(=O)Nc1ccc(C(C)=O)cc1. The average molecular weight is 277 g/mol. The Morgan fingerprint density at radius 1 is 1.05 bits per heavy atom. The summed E-state index contributed by atoms with van der Waals surface area (Å²) in [5.74, 6) is -0.124. The number of rotatable bonds is 6. The van der Waals surface area contributed by atoms with Crippen LogP contribution in [0.4, 0.5) is 10.5 Å². The molecule has 3 N–H and O–H groups in total. The number of amides is 3. The van der Waals surface area contributed by atoms with E-state index in [0.29, 0.717) is 17.8 Å². The first-order valence-corrected chi connectivity index (χ1v) is 6.45. The number of ketones is 1. The lowest BCUT2D eigenvalue weighted by atomic mass is 10.1. The molecule has 0 aliphatic heterocycles. The molecule has 108 valence electrons. The second-order valence-corrected chi connectivity index (χ2v) is 4.22. The van der Waals surface area contributed by atoms with Crippen molar-refractivity contribution >= 4 is 23.4 Å². The number of carbonyl (C=O) groups is 3. The topological polar surface area (TPSA) is 87.3 Å². The van der Waals surface area contributed by atoms with Crippen molar-refractivity contribution in [1.82, 2.24) is 10.6 Å². The summed E-state index contributed by atoms with van der Waals surface area (Å²) in [5.41, 5.74) is 1.18. The number of carbonyl (C=O) groups excluding carboxylic acids is 3. The van der Waals surface area contributed by atoms with Crippen LogP contribution in [-0.4, -0.2) is 30.8 Å². The molecule has 0 aliphatic rings. The number of Topliss-reactive ketones (excluding diaryl/α,β-unsaturated/α-hetero) is 1. The summed E-state index contributed by atoms with van der Waals surface area (Å²) in [4.78, 5) is 33.8. The molecule has 1 aromatic carbocycles. The number of benzene rings is 1. The monoisotopic (exact) mass is 277 g/mol. The van der Waals surface area contributed by atoms with E-state index in [-0.39, 0.29) is 30.7 Å². The fraction of sp³-hybridized carbons (Fsp3) is 0.357. The third-order valence-electron chi connectivity index (χ3n) is 2.56. The highest BCUT2D eigenvalue weighted by atomic mass is 16.2. The predicted octanol–water partition coefficient (Wildman–Crippen LogP) is 1.54. The maximum Gasteiger partial charge on any atom is 0.319 e. The zero-order valence-corrected chi connectivity index (χ0v) is 11.7. The first-order valence-electron chi connectivity index (χ1n) is 6.45. The van der Waals surface area contributed by atoms with E-state index >= 15 is 0 Å². The Hall–Kier alpha value is -2.37. The van der Waals surface area contributed by atoms with Crippen LogP contribution < -0.4 is 16.0 Å². The molecular formula is C14H19N3O3. The lowest BCUT2D eigenvalue weighted by molar-refractivity contribution is -0.120. The third-order valence-corrected chi connectivity index (χ3v) is 2.56. The van der Waals surface area contributed by atoms with E-state index in [1.54, 1.807) is 24.3 Å². The molecule has 0 aromatic heterocycles. The largest absolute Gasteiger partial charge is 0.356 e. The molecule has 0 heterocycles. The highest BCUT2D eigenvalue weighted by Crippen LogP contribution is 2.09. The third kappa shape index (κ3) is 5.51. The Bertz CT molecular complexity index is 483. The summed E-state index contributed by atoms with van der Waals surface area (Å²) >= 11 is 0. The van der Waals surface area contributed by atoms with Crippen LogP contribution in [0.15, 0.2) is 24.3 Å². The highest BCUT2D eigenvalue weighted by molar-refractivity contribution is 5.95. The van der Waals surface area contributed by atoms with Crippen LogP contribution in [0.2, 0.25) is 0 Å². The maximum atomic E-state index is 11.5. The lowest BCUT2D eigenvalue weighted by Crippen LogP contribution is -2.33. The molecule has 3 amide bonds. The van der Waals surface area contributed by atoms with E-state index in [2.05, 4.69) is 16.0 Å². The van der Waals surface area contributed by atoms with Crippen LogP contribution in [0.25, 0.3) is 0 Å². The van der Waals surface area contributed by atoms with Gasteiger partial charge in [0.25, 0.3) is 0 Å². The standard InChI is InChI=1S/C14H19N3O3/c1-3-15-13(19)8-9-16-14(20)17-12-6-4-11(5-7-12)10(2)18/h4-7H,3,8-9H2,1-2H3,(H,15,19)(H2,16,17,20). The lowest BCUT2D eigenvalue weighted by Gasteiger charge is -2.08.